The molecule has 6 nitrogen and oxygen atoms in total. The van der Waals surface area contributed by atoms with Crippen molar-refractivity contribution in [2.75, 3.05) is 0 Å². The van der Waals surface area contributed by atoms with Gasteiger partial charge in [-0.3, -0.25) is 4.98 Å². The molecule has 0 aliphatic rings. The van der Waals surface area contributed by atoms with E-state index in [4.69, 9.17) is 8.42 Å². The van der Waals surface area contributed by atoms with Gasteiger partial charge in [-0.1, -0.05) is 29.8 Å². The standard InChI is InChI=1S/C20H15N3O.O2S/c1-13-2-4-14(5-3-13)16-10-18-19(21-11-16)12-22-20(23-18)15-6-8-17(24)9-7-15;1-3-2/h2-12,24H,1H3;. The van der Waals surface area contributed by atoms with E-state index in [2.05, 4.69) is 46.1 Å². The molecule has 0 spiro atoms. The number of nitrogens with zero attached hydrogens (tertiary/aromatic N) is 3. The van der Waals surface area contributed by atoms with Crippen LogP contribution in [0.25, 0.3) is 33.5 Å². The quantitative estimate of drug-likeness (QED) is 0.572. The first-order valence-electron chi connectivity index (χ1n) is 8.02. The molecule has 7 heteroatoms. The number of hydrogen-bond acceptors (Lipinski definition) is 6. The molecule has 0 bridgehead atoms. The molecule has 0 atom stereocenters. The van der Waals surface area contributed by atoms with Crippen molar-refractivity contribution in [3.05, 3.63) is 72.6 Å². The Morgan fingerprint density at radius 2 is 1.41 bits per heavy atom. The van der Waals surface area contributed by atoms with Crippen molar-refractivity contribution in [3.63, 3.8) is 0 Å². The van der Waals surface area contributed by atoms with Crippen LogP contribution in [0.5, 0.6) is 5.75 Å². The van der Waals surface area contributed by atoms with Crippen LogP contribution in [0.2, 0.25) is 0 Å². The maximum atomic E-state index is 9.41. The van der Waals surface area contributed by atoms with Crippen LogP contribution < -0.4 is 0 Å². The minimum absolute atomic E-state index is 0.225. The molecule has 2 aromatic carbocycles. The minimum Gasteiger partial charge on any atom is -0.508 e. The summed E-state index contributed by atoms with van der Waals surface area (Å²) < 4.78 is 16.6. The zero-order valence-electron chi connectivity index (χ0n) is 14.4. The topological polar surface area (TPSA) is 93.0 Å². The van der Waals surface area contributed by atoms with E-state index in [0.29, 0.717) is 5.82 Å². The predicted octanol–water partition coefficient (Wildman–Crippen LogP) is 3.70. The third-order valence-electron chi connectivity index (χ3n) is 3.94. The van der Waals surface area contributed by atoms with Gasteiger partial charge in [-0.25, -0.2) is 9.97 Å². The summed E-state index contributed by atoms with van der Waals surface area (Å²) >= 11 is -0.750. The highest BCUT2D eigenvalue weighted by Gasteiger charge is 2.06. The second-order valence-corrected chi connectivity index (χ2v) is 5.94. The Bertz CT molecular complexity index is 1030. The van der Waals surface area contributed by atoms with Gasteiger partial charge in [-0.15, -0.1) is 0 Å². The highest BCUT2D eigenvalue weighted by molar-refractivity contribution is 7.51. The van der Waals surface area contributed by atoms with Gasteiger partial charge in [0.1, 0.15) is 11.3 Å². The van der Waals surface area contributed by atoms with E-state index >= 15 is 0 Å². The molecule has 0 unspecified atom stereocenters. The van der Waals surface area contributed by atoms with E-state index in [1.54, 1.807) is 30.5 Å². The number of aromatic nitrogens is 3. The molecule has 0 saturated heterocycles. The fraction of sp³-hybridized carbons (Fsp3) is 0.0500. The number of pyridine rings is 1. The summed E-state index contributed by atoms with van der Waals surface area (Å²) in [6.45, 7) is 2.07. The van der Waals surface area contributed by atoms with E-state index in [-0.39, 0.29) is 5.75 Å². The minimum atomic E-state index is -0.750. The second-order valence-electron chi connectivity index (χ2n) is 5.80. The highest BCUT2D eigenvalue weighted by Crippen LogP contribution is 2.24. The molecule has 4 aromatic rings. The molecule has 0 amide bonds. The molecule has 0 radical (unpaired) electrons. The smallest absolute Gasteiger partial charge is 0.335 e. The van der Waals surface area contributed by atoms with Gasteiger partial charge in [0.15, 0.2) is 5.82 Å². The Morgan fingerprint density at radius 3 is 2.07 bits per heavy atom. The number of hydrogen-bond donors (Lipinski definition) is 1. The fourth-order valence-electron chi connectivity index (χ4n) is 2.57. The van der Waals surface area contributed by atoms with Crippen LogP contribution in [0.3, 0.4) is 0 Å². The normalized spacial score (nSPS) is 10.1. The average molecular weight is 377 g/mol. The van der Waals surface area contributed by atoms with Crippen molar-refractivity contribution in [1.82, 2.24) is 15.0 Å². The number of aryl methyl sites for hydroxylation is 1. The number of aromatic hydroxyl groups is 1. The van der Waals surface area contributed by atoms with Crippen LogP contribution in [-0.4, -0.2) is 28.5 Å². The van der Waals surface area contributed by atoms with Crippen molar-refractivity contribution in [3.8, 4) is 28.3 Å². The van der Waals surface area contributed by atoms with Crippen molar-refractivity contribution in [2.24, 2.45) is 0 Å². The lowest BCUT2D eigenvalue weighted by Crippen LogP contribution is -1.92. The molecule has 4 rings (SSSR count). The molecular formula is C20H15N3O3S. The van der Waals surface area contributed by atoms with Crippen LogP contribution in [0.4, 0.5) is 0 Å². The Kier molecular flexibility index (Phi) is 5.63. The molecule has 27 heavy (non-hydrogen) atoms. The maximum Gasteiger partial charge on any atom is 0.335 e. The van der Waals surface area contributed by atoms with Crippen molar-refractivity contribution >= 4 is 22.6 Å². The van der Waals surface area contributed by atoms with E-state index in [1.165, 1.54) is 5.56 Å². The lowest BCUT2D eigenvalue weighted by molar-refractivity contribution is 0.475. The molecule has 0 aliphatic heterocycles. The zero-order chi connectivity index (χ0) is 19.2. The number of rotatable bonds is 2. The second kappa shape index (κ2) is 8.29. The van der Waals surface area contributed by atoms with Gasteiger partial charge in [0, 0.05) is 17.3 Å². The summed E-state index contributed by atoms with van der Waals surface area (Å²) in [5, 5.41) is 9.41. The first-order chi connectivity index (χ1) is 13.1. The number of phenols is 1. The largest absolute Gasteiger partial charge is 0.508 e. The van der Waals surface area contributed by atoms with Crippen LogP contribution in [0, 0.1) is 6.92 Å². The number of benzene rings is 2. The lowest BCUT2D eigenvalue weighted by Gasteiger charge is -2.05. The van der Waals surface area contributed by atoms with Crippen molar-refractivity contribution in [1.29, 1.82) is 0 Å². The van der Waals surface area contributed by atoms with Gasteiger partial charge >= 0.3 is 11.6 Å². The molecule has 2 aromatic heterocycles. The Hall–Kier alpha value is -3.45. The molecule has 0 aliphatic carbocycles. The SMILES string of the molecule is Cc1ccc(-c2cnc3cnc(-c4ccc(O)cc4)nc3c2)cc1.O=S=O. The van der Waals surface area contributed by atoms with Gasteiger partial charge in [0.2, 0.25) is 0 Å². The first kappa shape index (κ1) is 18.3. The fourth-order valence-corrected chi connectivity index (χ4v) is 2.57. The molecule has 134 valence electrons. The first-order valence-corrected chi connectivity index (χ1v) is 8.68. The van der Waals surface area contributed by atoms with Crippen LogP contribution >= 0.6 is 0 Å². The lowest BCUT2D eigenvalue weighted by atomic mass is 10.1. The molecule has 1 N–H and O–H groups in total. The van der Waals surface area contributed by atoms with Gasteiger partial charge in [-0.05, 0) is 42.8 Å². The summed E-state index contributed by atoms with van der Waals surface area (Å²) in [7, 11) is 0. The average Bonchev–Trinajstić information content (AvgIpc) is 2.69. The summed E-state index contributed by atoms with van der Waals surface area (Å²) in [5.41, 5.74) is 5.78. The van der Waals surface area contributed by atoms with E-state index < -0.39 is 11.6 Å². The summed E-state index contributed by atoms with van der Waals surface area (Å²) in [6.07, 6.45) is 3.57. The maximum absolute atomic E-state index is 9.41. The van der Waals surface area contributed by atoms with Gasteiger partial charge in [-0.2, -0.15) is 8.42 Å². The summed E-state index contributed by atoms with van der Waals surface area (Å²) in [6, 6.07) is 17.2. The van der Waals surface area contributed by atoms with Crippen LogP contribution in [0.15, 0.2) is 67.0 Å². The van der Waals surface area contributed by atoms with Gasteiger partial charge < -0.3 is 5.11 Å². The van der Waals surface area contributed by atoms with E-state index in [1.807, 2.05) is 12.3 Å². The number of fused-ring (bicyclic) bond motifs is 1. The molecule has 0 saturated carbocycles. The molecule has 0 fully saturated rings. The van der Waals surface area contributed by atoms with Crippen molar-refractivity contribution < 1.29 is 13.5 Å². The van der Waals surface area contributed by atoms with Gasteiger partial charge in [0.05, 0.1) is 11.7 Å². The van der Waals surface area contributed by atoms with Gasteiger partial charge in [0.25, 0.3) is 0 Å². The van der Waals surface area contributed by atoms with E-state index in [0.717, 1.165) is 27.7 Å². The summed E-state index contributed by atoms with van der Waals surface area (Å²) in [4.78, 5) is 13.5. The Balaban J connectivity index is 0.000000659. The molecular weight excluding hydrogens is 362 g/mol. The van der Waals surface area contributed by atoms with Crippen LogP contribution in [0.1, 0.15) is 5.56 Å². The van der Waals surface area contributed by atoms with Crippen LogP contribution in [-0.2, 0) is 11.6 Å². The third-order valence-corrected chi connectivity index (χ3v) is 3.94. The Morgan fingerprint density at radius 1 is 0.778 bits per heavy atom. The number of phenolic OH excluding ortho intramolecular Hbond substituents is 1. The highest BCUT2D eigenvalue weighted by atomic mass is 32.1. The third kappa shape index (κ3) is 4.39. The zero-order valence-corrected chi connectivity index (χ0v) is 15.2. The summed E-state index contributed by atoms with van der Waals surface area (Å²) in [5.74, 6) is 0.841. The molecule has 2 heterocycles. The predicted molar refractivity (Wildman–Crippen MR) is 104 cm³/mol. The Labute approximate surface area is 159 Å². The van der Waals surface area contributed by atoms with Crippen molar-refractivity contribution in [2.45, 2.75) is 6.92 Å². The van der Waals surface area contributed by atoms with E-state index in [9.17, 15) is 5.11 Å². The monoisotopic (exact) mass is 377 g/mol.